The summed E-state index contributed by atoms with van der Waals surface area (Å²) in [4.78, 5) is 5.80. The van der Waals surface area contributed by atoms with E-state index in [4.69, 9.17) is 37.9 Å². The monoisotopic (exact) mass is 730 g/mol. The Morgan fingerprint density at radius 2 is 0.604 bits per heavy atom. The van der Waals surface area contributed by atoms with Crippen molar-refractivity contribution >= 4 is 45.3 Å². The van der Waals surface area contributed by atoms with E-state index in [-0.39, 0.29) is 21.7 Å². The van der Waals surface area contributed by atoms with Crippen LogP contribution in [0.2, 0.25) is 0 Å². The Labute approximate surface area is 297 Å². The van der Waals surface area contributed by atoms with Gasteiger partial charge in [0.1, 0.15) is 0 Å². The first-order chi connectivity index (χ1) is 22.7. The minimum absolute atomic E-state index is 0.102. The van der Waals surface area contributed by atoms with Gasteiger partial charge in [-0.3, -0.25) is 0 Å². The summed E-state index contributed by atoms with van der Waals surface area (Å²) in [5.74, 6) is 6.00. The Bertz CT molecular complexity index is 1740. The molecule has 0 aliphatic carbocycles. The van der Waals surface area contributed by atoms with Gasteiger partial charge in [0.05, 0.1) is 82.1 Å². The van der Waals surface area contributed by atoms with Crippen LogP contribution in [0.5, 0.6) is 46.0 Å². The highest BCUT2D eigenvalue weighted by Crippen LogP contribution is 2.65. The fourth-order valence-corrected chi connectivity index (χ4v) is 10.3. The van der Waals surface area contributed by atoms with E-state index in [0.717, 1.165) is 75.3 Å². The van der Waals surface area contributed by atoms with Gasteiger partial charge in [0.15, 0.2) is 46.0 Å². The average molecular weight is 731 g/mol. The summed E-state index contributed by atoms with van der Waals surface area (Å²) in [6.07, 6.45) is 0. The molecule has 4 aliphatic heterocycles. The molecule has 4 aliphatic rings. The summed E-state index contributed by atoms with van der Waals surface area (Å²) < 4.78 is 52.1. The van der Waals surface area contributed by atoms with Crippen LogP contribution in [0.4, 0.5) is 0 Å². The summed E-state index contributed by atoms with van der Waals surface area (Å²) >= 11 is 6.51. The van der Waals surface area contributed by atoms with E-state index in [1.54, 1.807) is 45.3 Å². The molecule has 4 aromatic heterocycles. The fraction of sp³-hybridized carbons (Fsp3) is 0.556. The Morgan fingerprint density at radius 1 is 0.354 bits per heavy atom. The lowest BCUT2D eigenvalue weighted by Gasteiger charge is -2.21. The van der Waals surface area contributed by atoms with Gasteiger partial charge in [-0.25, -0.2) is 0 Å². The molecule has 0 saturated carbocycles. The van der Waals surface area contributed by atoms with Crippen LogP contribution < -0.4 is 37.9 Å². The van der Waals surface area contributed by atoms with Gasteiger partial charge in [0.2, 0.25) is 0 Å². The van der Waals surface area contributed by atoms with Crippen molar-refractivity contribution in [2.75, 3.05) is 52.9 Å². The van der Waals surface area contributed by atoms with Gasteiger partial charge >= 0.3 is 0 Å². The first kappa shape index (κ1) is 32.4. The molecule has 8 nitrogen and oxygen atoms in total. The maximum absolute atomic E-state index is 6.71. The van der Waals surface area contributed by atoms with E-state index in [9.17, 15) is 0 Å². The average Bonchev–Trinajstić information content (AvgIpc) is 3.70. The third-order valence-electron chi connectivity index (χ3n) is 8.57. The van der Waals surface area contributed by atoms with Crippen LogP contribution in [0.25, 0.3) is 29.3 Å². The van der Waals surface area contributed by atoms with Gasteiger partial charge in [-0.05, 0) is 0 Å². The highest BCUT2D eigenvalue weighted by atomic mass is 32.1. The standard InChI is InChI=1S/C36H42O8S4/c1-33(2)11-37-19-9-45-27(21(19)39-13-33)29-23-25(43-17-35(5,6)15-41-23)31(47-29)32-26-24(42-16-36(7,8)18-44-26)30(48-32)28-22-20(10-46-28)38-12-34(3,4)14-40-22/h9-10H,11-18H2,1-8H3. The zero-order valence-corrected chi connectivity index (χ0v) is 32.0. The van der Waals surface area contributed by atoms with Gasteiger partial charge in [0, 0.05) is 32.4 Å². The SMILES string of the molecule is CC1(C)COc2csc(-c3sc(-c4sc(-c5scc6c5OCC(C)(C)CO6)c5c4OCC(C)(C)CO5)c4c3OCC(C)(C)CO4)c2OC1. The van der Waals surface area contributed by atoms with Crippen molar-refractivity contribution in [1.29, 1.82) is 0 Å². The van der Waals surface area contributed by atoms with Gasteiger partial charge in [0.25, 0.3) is 0 Å². The quantitative estimate of drug-likeness (QED) is 0.206. The number of fused-ring (bicyclic) bond motifs is 4. The van der Waals surface area contributed by atoms with Crippen LogP contribution in [0.1, 0.15) is 55.4 Å². The Morgan fingerprint density at radius 3 is 0.917 bits per heavy atom. The van der Waals surface area contributed by atoms with Crippen LogP contribution in [0.3, 0.4) is 0 Å². The van der Waals surface area contributed by atoms with Crippen LogP contribution in [0, 0.1) is 21.7 Å². The maximum Gasteiger partial charge on any atom is 0.181 e. The minimum atomic E-state index is -0.179. The van der Waals surface area contributed by atoms with E-state index < -0.39 is 0 Å². The molecule has 0 radical (unpaired) electrons. The molecule has 48 heavy (non-hydrogen) atoms. The van der Waals surface area contributed by atoms with Gasteiger partial charge < -0.3 is 37.9 Å². The van der Waals surface area contributed by atoms with E-state index in [1.807, 2.05) is 10.8 Å². The molecule has 8 heterocycles. The van der Waals surface area contributed by atoms with Crippen LogP contribution in [-0.4, -0.2) is 52.9 Å². The third-order valence-corrected chi connectivity index (χ3v) is 13.2. The second kappa shape index (κ2) is 11.4. The summed E-state index contributed by atoms with van der Waals surface area (Å²) in [6.45, 7) is 21.7. The number of rotatable bonds is 3. The highest BCUT2D eigenvalue weighted by molar-refractivity contribution is 7.29. The predicted molar refractivity (Wildman–Crippen MR) is 193 cm³/mol. The van der Waals surface area contributed by atoms with Crippen molar-refractivity contribution in [1.82, 2.24) is 0 Å². The highest BCUT2D eigenvalue weighted by Gasteiger charge is 2.40. The Balaban J connectivity index is 1.30. The lowest BCUT2D eigenvalue weighted by molar-refractivity contribution is 0.139. The van der Waals surface area contributed by atoms with Crippen molar-refractivity contribution in [2.45, 2.75) is 55.4 Å². The zero-order valence-electron chi connectivity index (χ0n) is 28.7. The molecule has 0 unspecified atom stereocenters. The second-order valence-electron chi connectivity index (χ2n) is 16.3. The molecule has 0 atom stereocenters. The summed E-state index contributed by atoms with van der Waals surface area (Å²) in [5, 5.41) is 4.08. The van der Waals surface area contributed by atoms with Crippen molar-refractivity contribution in [2.24, 2.45) is 21.7 Å². The number of hydrogen-bond acceptors (Lipinski definition) is 12. The number of thiophene rings is 4. The predicted octanol–water partition coefficient (Wildman–Crippen LogP) is 10.1. The van der Waals surface area contributed by atoms with Crippen molar-refractivity contribution in [3.05, 3.63) is 10.8 Å². The molecule has 4 aromatic rings. The molecule has 0 N–H and O–H groups in total. The molecular weight excluding hydrogens is 689 g/mol. The van der Waals surface area contributed by atoms with Crippen molar-refractivity contribution in [3.63, 3.8) is 0 Å². The topological polar surface area (TPSA) is 73.8 Å². The van der Waals surface area contributed by atoms with E-state index in [1.165, 1.54) is 0 Å². The first-order valence-corrected chi connectivity index (χ1v) is 19.7. The van der Waals surface area contributed by atoms with Gasteiger partial charge in [-0.15, -0.1) is 45.3 Å². The normalized spacial score (nSPS) is 21.4. The van der Waals surface area contributed by atoms with E-state index in [2.05, 4.69) is 55.4 Å². The molecule has 0 bridgehead atoms. The van der Waals surface area contributed by atoms with Crippen molar-refractivity contribution in [3.8, 4) is 75.3 Å². The Kier molecular flexibility index (Phi) is 7.67. The summed E-state index contributed by atoms with van der Waals surface area (Å²) in [7, 11) is 0. The first-order valence-electron chi connectivity index (χ1n) is 16.3. The lowest BCUT2D eigenvalue weighted by atomic mass is 9.96. The van der Waals surface area contributed by atoms with Crippen molar-refractivity contribution < 1.29 is 37.9 Å². The molecule has 0 spiro atoms. The van der Waals surface area contributed by atoms with Crippen LogP contribution >= 0.6 is 45.3 Å². The molecule has 8 rings (SSSR count). The number of ether oxygens (including phenoxy) is 8. The summed E-state index contributed by atoms with van der Waals surface area (Å²) in [6, 6.07) is 0. The third kappa shape index (κ3) is 5.80. The second-order valence-corrected chi connectivity index (χ2v) is 20.1. The molecular formula is C36H42O8S4. The van der Waals surface area contributed by atoms with Crippen LogP contribution in [-0.2, 0) is 0 Å². The lowest BCUT2D eigenvalue weighted by Crippen LogP contribution is -2.26. The maximum atomic E-state index is 6.71. The van der Waals surface area contributed by atoms with Crippen LogP contribution in [0.15, 0.2) is 10.8 Å². The fourth-order valence-electron chi connectivity index (χ4n) is 5.69. The minimum Gasteiger partial charge on any atom is -0.488 e. The summed E-state index contributed by atoms with van der Waals surface area (Å²) in [5.41, 5.74) is -0.560. The van der Waals surface area contributed by atoms with Gasteiger partial charge in [-0.2, -0.15) is 0 Å². The van der Waals surface area contributed by atoms with Gasteiger partial charge in [-0.1, -0.05) is 55.4 Å². The van der Waals surface area contributed by atoms with E-state index in [0.29, 0.717) is 52.9 Å². The smallest absolute Gasteiger partial charge is 0.181 e. The molecule has 0 amide bonds. The van der Waals surface area contributed by atoms with E-state index >= 15 is 0 Å². The number of hydrogen-bond donors (Lipinski definition) is 0. The molecule has 258 valence electrons. The molecule has 0 saturated heterocycles. The zero-order chi connectivity index (χ0) is 33.6. The molecule has 0 fully saturated rings. The molecule has 12 heteroatoms. The molecule has 0 aromatic carbocycles. The largest absolute Gasteiger partial charge is 0.488 e. The Hall–Kier alpha value is -2.80.